The van der Waals surface area contributed by atoms with Crippen LogP contribution in [0, 0.1) is 0 Å². The van der Waals surface area contributed by atoms with Gasteiger partial charge in [0.05, 0.1) is 18.2 Å². The van der Waals surface area contributed by atoms with Crippen LogP contribution in [0.25, 0.3) is 0 Å². The van der Waals surface area contributed by atoms with Gasteiger partial charge in [-0.2, -0.15) is 0 Å². The van der Waals surface area contributed by atoms with Crippen LogP contribution in [0.4, 0.5) is 0 Å². The van der Waals surface area contributed by atoms with Gasteiger partial charge in [-0.25, -0.2) is 0 Å². The molecule has 0 spiro atoms. The first-order valence-electron chi connectivity index (χ1n) is 7.06. The molecule has 1 atom stereocenters. The Hall–Kier alpha value is -1.55. The van der Waals surface area contributed by atoms with Crippen LogP contribution in [0.1, 0.15) is 46.2 Å². The van der Waals surface area contributed by atoms with E-state index in [0.29, 0.717) is 0 Å². The third kappa shape index (κ3) is 6.06. The second-order valence-electron chi connectivity index (χ2n) is 5.38. The number of rotatable bonds is 7. The Balaban J connectivity index is 2.50. The standard InChI is InChI=1S/C16H25NO3/c1-11(2)19-10-16(18)17-13(5)14-6-8-15(9-7-14)20-12(3)4/h6-9,11-13H,10H2,1-5H3,(H,17,18). The summed E-state index contributed by atoms with van der Waals surface area (Å²) in [5.41, 5.74) is 1.04. The Morgan fingerprint density at radius 3 is 2.15 bits per heavy atom. The summed E-state index contributed by atoms with van der Waals surface area (Å²) in [4.78, 5) is 11.7. The fourth-order valence-corrected chi connectivity index (χ4v) is 1.72. The molecule has 4 heteroatoms. The van der Waals surface area contributed by atoms with E-state index in [1.807, 2.05) is 58.9 Å². The minimum Gasteiger partial charge on any atom is -0.491 e. The first kappa shape index (κ1) is 16.5. The molecule has 0 aliphatic rings. The molecule has 112 valence electrons. The molecular formula is C16H25NO3. The minimum absolute atomic E-state index is 0.0497. The van der Waals surface area contributed by atoms with Crippen LogP contribution in [-0.4, -0.2) is 24.7 Å². The highest BCUT2D eigenvalue weighted by Crippen LogP contribution is 2.18. The van der Waals surface area contributed by atoms with Crippen molar-refractivity contribution in [3.63, 3.8) is 0 Å². The van der Waals surface area contributed by atoms with Crippen LogP contribution < -0.4 is 10.1 Å². The first-order chi connectivity index (χ1) is 9.38. The Morgan fingerprint density at radius 1 is 1.05 bits per heavy atom. The van der Waals surface area contributed by atoms with E-state index in [1.54, 1.807) is 0 Å². The van der Waals surface area contributed by atoms with Gasteiger partial charge in [-0.05, 0) is 52.3 Å². The summed E-state index contributed by atoms with van der Waals surface area (Å²) in [7, 11) is 0. The maximum atomic E-state index is 11.7. The van der Waals surface area contributed by atoms with E-state index in [2.05, 4.69) is 5.32 Å². The zero-order valence-electron chi connectivity index (χ0n) is 13.0. The monoisotopic (exact) mass is 279 g/mol. The molecule has 0 radical (unpaired) electrons. The SMILES string of the molecule is CC(C)OCC(=O)NC(C)c1ccc(OC(C)C)cc1. The molecule has 1 aromatic rings. The lowest BCUT2D eigenvalue weighted by atomic mass is 10.1. The van der Waals surface area contributed by atoms with Crippen molar-refractivity contribution in [2.45, 2.75) is 52.9 Å². The maximum absolute atomic E-state index is 11.7. The highest BCUT2D eigenvalue weighted by Gasteiger charge is 2.10. The van der Waals surface area contributed by atoms with Crippen molar-refractivity contribution in [2.75, 3.05) is 6.61 Å². The highest BCUT2D eigenvalue weighted by molar-refractivity contribution is 5.77. The molecule has 0 saturated carbocycles. The average molecular weight is 279 g/mol. The summed E-state index contributed by atoms with van der Waals surface area (Å²) >= 11 is 0. The van der Waals surface area contributed by atoms with E-state index in [-0.39, 0.29) is 30.8 Å². The zero-order chi connectivity index (χ0) is 15.1. The van der Waals surface area contributed by atoms with E-state index >= 15 is 0 Å². The third-order valence-electron chi connectivity index (χ3n) is 2.68. The number of ether oxygens (including phenoxy) is 2. The molecule has 0 fully saturated rings. The molecular weight excluding hydrogens is 254 g/mol. The van der Waals surface area contributed by atoms with Crippen LogP contribution in [0.5, 0.6) is 5.75 Å². The number of amides is 1. The summed E-state index contributed by atoms with van der Waals surface area (Å²) in [5, 5.41) is 2.91. The van der Waals surface area contributed by atoms with Gasteiger partial charge >= 0.3 is 0 Å². The molecule has 0 aliphatic carbocycles. The van der Waals surface area contributed by atoms with Crippen molar-refractivity contribution in [1.29, 1.82) is 0 Å². The van der Waals surface area contributed by atoms with Crippen LogP contribution >= 0.6 is 0 Å². The second kappa shape index (κ2) is 7.90. The minimum atomic E-state index is -0.103. The van der Waals surface area contributed by atoms with E-state index in [1.165, 1.54) is 0 Å². The molecule has 1 unspecified atom stereocenters. The van der Waals surface area contributed by atoms with E-state index in [0.717, 1.165) is 11.3 Å². The van der Waals surface area contributed by atoms with Gasteiger partial charge in [-0.15, -0.1) is 0 Å². The van der Waals surface area contributed by atoms with Crippen LogP contribution in [0.3, 0.4) is 0 Å². The Bertz CT molecular complexity index is 412. The van der Waals surface area contributed by atoms with Crippen LogP contribution in [-0.2, 0) is 9.53 Å². The maximum Gasteiger partial charge on any atom is 0.246 e. The average Bonchev–Trinajstić information content (AvgIpc) is 2.36. The molecule has 1 N–H and O–H groups in total. The highest BCUT2D eigenvalue weighted by atomic mass is 16.5. The number of hydrogen-bond acceptors (Lipinski definition) is 3. The predicted molar refractivity (Wildman–Crippen MR) is 79.9 cm³/mol. The Morgan fingerprint density at radius 2 is 1.65 bits per heavy atom. The molecule has 0 heterocycles. The molecule has 20 heavy (non-hydrogen) atoms. The van der Waals surface area contributed by atoms with Gasteiger partial charge < -0.3 is 14.8 Å². The second-order valence-corrected chi connectivity index (χ2v) is 5.38. The quantitative estimate of drug-likeness (QED) is 0.834. The number of hydrogen-bond donors (Lipinski definition) is 1. The van der Waals surface area contributed by atoms with Gasteiger partial charge in [0.2, 0.25) is 5.91 Å². The van der Waals surface area contributed by atoms with E-state index < -0.39 is 0 Å². The van der Waals surface area contributed by atoms with Crippen LogP contribution in [0.15, 0.2) is 24.3 Å². The lowest BCUT2D eigenvalue weighted by Gasteiger charge is -2.16. The number of benzene rings is 1. The summed E-state index contributed by atoms with van der Waals surface area (Å²) in [6.07, 6.45) is 0.217. The lowest BCUT2D eigenvalue weighted by molar-refractivity contribution is -0.127. The molecule has 0 bridgehead atoms. The molecule has 4 nitrogen and oxygen atoms in total. The largest absolute Gasteiger partial charge is 0.491 e. The molecule has 0 aromatic heterocycles. The lowest BCUT2D eigenvalue weighted by Crippen LogP contribution is -2.31. The van der Waals surface area contributed by atoms with E-state index in [9.17, 15) is 4.79 Å². The summed E-state index contributed by atoms with van der Waals surface area (Å²) in [5.74, 6) is 0.735. The fourth-order valence-electron chi connectivity index (χ4n) is 1.72. The summed E-state index contributed by atoms with van der Waals surface area (Å²) < 4.78 is 10.9. The topological polar surface area (TPSA) is 47.6 Å². The van der Waals surface area contributed by atoms with Gasteiger partial charge in [0.25, 0.3) is 0 Å². The van der Waals surface area contributed by atoms with Crippen molar-refractivity contribution in [1.82, 2.24) is 5.32 Å². The number of carbonyl (C=O) groups is 1. The van der Waals surface area contributed by atoms with Crippen molar-refractivity contribution in [3.05, 3.63) is 29.8 Å². The molecule has 1 rings (SSSR count). The number of nitrogens with one attached hydrogen (secondary N) is 1. The normalized spacial score (nSPS) is 12.6. The van der Waals surface area contributed by atoms with E-state index in [4.69, 9.17) is 9.47 Å². The zero-order valence-corrected chi connectivity index (χ0v) is 13.0. The van der Waals surface area contributed by atoms with Gasteiger partial charge in [0.1, 0.15) is 12.4 Å². The summed E-state index contributed by atoms with van der Waals surface area (Å²) in [6, 6.07) is 7.72. The van der Waals surface area contributed by atoms with Gasteiger partial charge in [0, 0.05) is 0 Å². The molecule has 1 aromatic carbocycles. The third-order valence-corrected chi connectivity index (χ3v) is 2.68. The smallest absolute Gasteiger partial charge is 0.246 e. The fraction of sp³-hybridized carbons (Fsp3) is 0.562. The molecule has 0 aliphatic heterocycles. The van der Waals surface area contributed by atoms with Gasteiger partial charge in [-0.1, -0.05) is 12.1 Å². The predicted octanol–water partition coefficient (Wildman–Crippen LogP) is 3.08. The van der Waals surface area contributed by atoms with Crippen molar-refractivity contribution in [2.24, 2.45) is 0 Å². The summed E-state index contributed by atoms with van der Waals surface area (Å²) in [6.45, 7) is 9.84. The number of carbonyl (C=O) groups excluding carboxylic acids is 1. The van der Waals surface area contributed by atoms with Gasteiger partial charge in [-0.3, -0.25) is 4.79 Å². The molecule has 1 amide bonds. The van der Waals surface area contributed by atoms with Crippen LogP contribution in [0.2, 0.25) is 0 Å². The Kier molecular flexibility index (Phi) is 6.52. The Labute approximate surface area is 121 Å². The van der Waals surface area contributed by atoms with Crippen molar-refractivity contribution in [3.8, 4) is 5.75 Å². The van der Waals surface area contributed by atoms with Gasteiger partial charge in [0.15, 0.2) is 0 Å². The molecule has 0 saturated heterocycles. The van der Waals surface area contributed by atoms with Crippen molar-refractivity contribution >= 4 is 5.91 Å². The first-order valence-corrected chi connectivity index (χ1v) is 7.06. The van der Waals surface area contributed by atoms with Crippen molar-refractivity contribution < 1.29 is 14.3 Å².